The third-order valence-electron chi connectivity index (χ3n) is 2.35. The molecule has 3 N–H and O–H groups in total. The summed E-state index contributed by atoms with van der Waals surface area (Å²) in [5.74, 6) is -0.204. The van der Waals surface area contributed by atoms with E-state index in [0.717, 1.165) is 5.01 Å². The summed E-state index contributed by atoms with van der Waals surface area (Å²) in [5, 5.41) is 11.4. The lowest BCUT2D eigenvalue weighted by atomic mass is 10.3. The molecule has 1 atom stereocenters. The van der Waals surface area contributed by atoms with E-state index in [1.165, 1.54) is 16.2 Å². The molecule has 0 saturated heterocycles. The smallest absolute Gasteiger partial charge is 0.273 e. The van der Waals surface area contributed by atoms with Gasteiger partial charge in [-0.3, -0.25) is 4.79 Å². The molecule has 1 aromatic rings. The molecular weight excluding hydrogens is 254 g/mol. The van der Waals surface area contributed by atoms with Crippen LogP contribution in [-0.2, 0) is 4.74 Å². The minimum atomic E-state index is -0.204. The van der Waals surface area contributed by atoms with E-state index in [0.29, 0.717) is 18.8 Å². The monoisotopic (exact) mass is 273 g/mol. The second-order valence-corrected chi connectivity index (χ2v) is 4.76. The predicted molar refractivity (Wildman–Crippen MR) is 69.6 cm³/mol. The number of aromatic nitrogens is 1. The van der Waals surface area contributed by atoms with Crippen LogP contribution in [0.5, 0.6) is 0 Å². The topological polar surface area (TPSA) is 88.7 Å². The van der Waals surface area contributed by atoms with Crippen LogP contribution in [0.4, 0.5) is 0 Å². The number of nitrogens with zero attached hydrogens (tertiary/aromatic N) is 2. The summed E-state index contributed by atoms with van der Waals surface area (Å²) in [5.41, 5.74) is 6.08. The molecule has 0 aliphatic heterocycles. The summed E-state index contributed by atoms with van der Waals surface area (Å²) in [6.07, 6.45) is 0. The Bertz CT molecular complexity index is 381. The number of carbonyl (C=O) groups excluding carboxylic acids is 1. The quantitative estimate of drug-likeness (QED) is 0.743. The van der Waals surface area contributed by atoms with Gasteiger partial charge in [-0.1, -0.05) is 0 Å². The van der Waals surface area contributed by atoms with Crippen LogP contribution in [0.3, 0.4) is 0 Å². The number of aliphatic hydroxyl groups excluding tert-OH is 1. The average Bonchev–Trinajstić information content (AvgIpc) is 2.83. The fourth-order valence-electron chi connectivity index (χ4n) is 1.39. The summed E-state index contributed by atoms with van der Waals surface area (Å²) in [7, 11) is 1.57. The normalized spacial score (nSPS) is 12.4. The molecule has 0 radical (unpaired) electrons. The molecule has 0 bridgehead atoms. The van der Waals surface area contributed by atoms with Crippen LogP contribution in [0.1, 0.15) is 28.5 Å². The van der Waals surface area contributed by atoms with Gasteiger partial charge in [0, 0.05) is 25.6 Å². The highest BCUT2D eigenvalue weighted by Crippen LogP contribution is 2.17. The van der Waals surface area contributed by atoms with Crippen molar-refractivity contribution in [2.24, 2.45) is 5.73 Å². The first-order chi connectivity index (χ1) is 8.60. The summed E-state index contributed by atoms with van der Waals surface area (Å²) in [6, 6.07) is -0.179. The van der Waals surface area contributed by atoms with E-state index < -0.39 is 0 Å². The van der Waals surface area contributed by atoms with Crippen LogP contribution in [0.15, 0.2) is 5.38 Å². The van der Waals surface area contributed by atoms with Gasteiger partial charge in [0.05, 0.1) is 19.3 Å². The highest BCUT2D eigenvalue weighted by molar-refractivity contribution is 7.09. The van der Waals surface area contributed by atoms with Crippen molar-refractivity contribution in [1.82, 2.24) is 9.88 Å². The number of aliphatic hydroxyl groups is 1. The summed E-state index contributed by atoms with van der Waals surface area (Å²) in [4.78, 5) is 17.9. The van der Waals surface area contributed by atoms with Gasteiger partial charge < -0.3 is 20.5 Å². The number of hydrogen-bond donors (Lipinski definition) is 2. The maximum atomic E-state index is 12.1. The summed E-state index contributed by atoms with van der Waals surface area (Å²) < 4.78 is 4.93. The summed E-state index contributed by atoms with van der Waals surface area (Å²) >= 11 is 1.37. The van der Waals surface area contributed by atoms with Gasteiger partial charge in [0.2, 0.25) is 0 Å². The van der Waals surface area contributed by atoms with E-state index in [1.54, 1.807) is 12.5 Å². The molecule has 18 heavy (non-hydrogen) atoms. The Morgan fingerprint density at radius 1 is 1.67 bits per heavy atom. The van der Waals surface area contributed by atoms with E-state index in [4.69, 9.17) is 15.6 Å². The van der Waals surface area contributed by atoms with Gasteiger partial charge in [-0.25, -0.2) is 4.98 Å². The van der Waals surface area contributed by atoms with Crippen molar-refractivity contribution in [3.8, 4) is 0 Å². The molecule has 1 rings (SSSR count). The van der Waals surface area contributed by atoms with Gasteiger partial charge >= 0.3 is 0 Å². The highest BCUT2D eigenvalue weighted by Gasteiger charge is 2.18. The molecule has 1 amide bonds. The Kier molecular flexibility index (Phi) is 6.20. The van der Waals surface area contributed by atoms with Crippen molar-refractivity contribution in [2.75, 3.05) is 33.4 Å². The lowest BCUT2D eigenvalue weighted by Gasteiger charge is -2.20. The van der Waals surface area contributed by atoms with Crippen LogP contribution in [0, 0.1) is 0 Å². The Hall–Kier alpha value is -1.02. The van der Waals surface area contributed by atoms with Gasteiger partial charge in [-0.05, 0) is 6.92 Å². The lowest BCUT2D eigenvalue weighted by molar-refractivity contribution is 0.0651. The molecule has 1 unspecified atom stereocenters. The number of carbonyl (C=O) groups is 1. The maximum absolute atomic E-state index is 12.1. The van der Waals surface area contributed by atoms with E-state index in [2.05, 4.69) is 4.98 Å². The van der Waals surface area contributed by atoms with Gasteiger partial charge in [0.25, 0.3) is 5.91 Å². The van der Waals surface area contributed by atoms with E-state index in [9.17, 15) is 4.79 Å². The van der Waals surface area contributed by atoms with E-state index in [1.807, 2.05) is 6.92 Å². The SMILES string of the molecule is COCCN(CCO)C(=O)c1csc(C(C)N)n1. The minimum absolute atomic E-state index is 0.0836. The zero-order valence-electron chi connectivity index (χ0n) is 10.6. The van der Waals surface area contributed by atoms with Crippen molar-refractivity contribution in [3.05, 3.63) is 16.1 Å². The van der Waals surface area contributed by atoms with Crippen LogP contribution in [-0.4, -0.2) is 54.3 Å². The number of amides is 1. The van der Waals surface area contributed by atoms with Crippen molar-refractivity contribution < 1.29 is 14.6 Å². The van der Waals surface area contributed by atoms with Crippen molar-refractivity contribution in [3.63, 3.8) is 0 Å². The minimum Gasteiger partial charge on any atom is -0.395 e. The van der Waals surface area contributed by atoms with E-state index >= 15 is 0 Å². The molecule has 6 nitrogen and oxygen atoms in total. The second kappa shape index (κ2) is 7.42. The van der Waals surface area contributed by atoms with Gasteiger partial charge in [-0.15, -0.1) is 11.3 Å². The number of ether oxygens (including phenoxy) is 1. The van der Waals surface area contributed by atoms with E-state index in [-0.39, 0.29) is 25.1 Å². The molecular formula is C11H19N3O3S. The summed E-state index contributed by atoms with van der Waals surface area (Å²) in [6.45, 7) is 2.87. The van der Waals surface area contributed by atoms with Crippen molar-refractivity contribution in [1.29, 1.82) is 0 Å². The molecule has 0 spiro atoms. The molecule has 0 aliphatic rings. The number of nitrogens with two attached hydrogens (primary N) is 1. The zero-order valence-corrected chi connectivity index (χ0v) is 11.4. The lowest BCUT2D eigenvalue weighted by Crippen LogP contribution is -2.36. The van der Waals surface area contributed by atoms with Crippen LogP contribution in [0.2, 0.25) is 0 Å². The first kappa shape index (κ1) is 15.0. The third-order valence-corrected chi connectivity index (χ3v) is 3.40. The second-order valence-electron chi connectivity index (χ2n) is 3.87. The molecule has 0 aliphatic carbocycles. The molecule has 1 heterocycles. The Morgan fingerprint density at radius 2 is 2.39 bits per heavy atom. The zero-order chi connectivity index (χ0) is 13.5. The standard InChI is InChI=1S/C11H19N3O3S/c1-8(12)10-13-9(7-18-10)11(16)14(3-5-15)4-6-17-2/h7-8,15H,3-6,12H2,1-2H3. The molecule has 7 heteroatoms. The number of methoxy groups -OCH3 is 1. The fourth-order valence-corrected chi connectivity index (χ4v) is 2.15. The Labute approximate surface area is 110 Å². The number of rotatable bonds is 7. The average molecular weight is 273 g/mol. The first-order valence-corrected chi connectivity index (χ1v) is 6.58. The first-order valence-electron chi connectivity index (χ1n) is 5.70. The Balaban J connectivity index is 2.74. The van der Waals surface area contributed by atoms with Crippen LogP contribution >= 0.6 is 11.3 Å². The van der Waals surface area contributed by atoms with Crippen LogP contribution in [0.25, 0.3) is 0 Å². The van der Waals surface area contributed by atoms with Gasteiger partial charge in [0.15, 0.2) is 0 Å². The van der Waals surface area contributed by atoms with Crippen LogP contribution < -0.4 is 5.73 Å². The molecule has 1 aromatic heterocycles. The number of hydrogen-bond acceptors (Lipinski definition) is 6. The molecule has 102 valence electrons. The van der Waals surface area contributed by atoms with Crippen molar-refractivity contribution >= 4 is 17.2 Å². The fraction of sp³-hybridized carbons (Fsp3) is 0.636. The van der Waals surface area contributed by atoms with Gasteiger partial charge in [-0.2, -0.15) is 0 Å². The predicted octanol–water partition coefficient (Wildman–Crippen LogP) is 0.244. The highest BCUT2D eigenvalue weighted by atomic mass is 32.1. The van der Waals surface area contributed by atoms with Gasteiger partial charge in [0.1, 0.15) is 10.7 Å². The molecule has 0 saturated carbocycles. The molecule has 0 aromatic carbocycles. The maximum Gasteiger partial charge on any atom is 0.273 e. The third kappa shape index (κ3) is 4.02. The molecule has 0 fully saturated rings. The largest absolute Gasteiger partial charge is 0.395 e. The Morgan fingerprint density at radius 3 is 2.89 bits per heavy atom. The van der Waals surface area contributed by atoms with Crippen molar-refractivity contribution in [2.45, 2.75) is 13.0 Å². The number of thiazole rings is 1.